The second-order valence-corrected chi connectivity index (χ2v) is 4.78. The Morgan fingerprint density at radius 1 is 1.38 bits per heavy atom. The van der Waals surface area contributed by atoms with Gasteiger partial charge in [0.05, 0.1) is 19.9 Å². The van der Waals surface area contributed by atoms with Gasteiger partial charge in [-0.3, -0.25) is 9.69 Å². The number of methoxy groups -OCH3 is 1. The lowest BCUT2D eigenvalue weighted by molar-refractivity contribution is -0.121. The fraction of sp³-hybridized carbons (Fsp3) is 0.214. The molecule has 0 unspecified atom stereocenters. The maximum atomic E-state index is 12.1. The van der Waals surface area contributed by atoms with E-state index in [4.69, 9.17) is 21.1 Å². The van der Waals surface area contributed by atoms with Crippen LogP contribution >= 0.6 is 11.6 Å². The lowest BCUT2D eigenvalue weighted by atomic mass is 10.2. The minimum Gasteiger partial charge on any atom is -0.497 e. The molecule has 0 saturated heterocycles. The third-order valence-corrected chi connectivity index (χ3v) is 3.30. The van der Waals surface area contributed by atoms with Gasteiger partial charge in [0, 0.05) is 0 Å². The second kappa shape index (κ2) is 5.57. The fourth-order valence-electron chi connectivity index (χ4n) is 2.05. The Hall–Kier alpha value is -2.34. The number of amides is 1. The van der Waals surface area contributed by atoms with E-state index >= 15 is 0 Å². The molecular formula is C14H12ClN3O3. The second-order valence-electron chi connectivity index (χ2n) is 4.44. The average molecular weight is 306 g/mol. The van der Waals surface area contributed by atoms with Crippen LogP contribution in [0.5, 0.6) is 11.5 Å². The van der Waals surface area contributed by atoms with E-state index in [-0.39, 0.29) is 17.8 Å². The minimum atomic E-state index is -0.173. The van der Waals surface area contributed by atoms with Crippen LogP contribution in [-0.4, -0.2) is 29.6 Å². The van der Waals surface area contributed by atoms with E-state index in [1.807, 2.05) is 24.3 Å². The number of benzene rings is 1. The number of halogens is 1. The number of hydrogen-bond acceptors (Lipinski definition) is 5. The van der Waals surface area contributed by atoms with Crippen LogP contribution in [0.25, 0.3) is 0 Å². The summed E-state index contributed by atoms with van der Waals surface area (Å²) in [6, 6.07) is 7.47. The van der Waals surface area contributed by atoms with E-state index in [1.165, 1.54) is 11.1 Å². The van der Waals surface area contributed by atoms with Gasteiger partial charge in [-0.25, -0.2) is 4.98 Å². The summed E-state index contributed by atoms with van der Waals surface area (Å²) >= 11 is 5.80. The maximum absolute atomic E-state index is 12.1. The summed E-state index contributed by atoms with van der Waals surface area (Å²) in [6.45, 7) is 0.348. The van der Waals surface area contributed by atoms with Crippen LogP contribution < -0.4 is 14.4 Å². The van der Waals surface area contributed by atoms with E-state index in [0.717, 1.165) is 11.3 Å². The number of fused-ring (bicyclic) bond motifs is 1. The van der Waals surface area contributed by atoms with Crippen LogP contribution in [0.1, 0.15) is 5.56 Å². The van der Waals surface area contributed by atoms with Crippen LogP contribution in [0.4, 0.5) is 5.82 Å². The third-order valence-electron chi connectivity index (χ3n) is 3.11. The molecule has 6 nitrogen and oxygen atoms in total. The fourth-order valence-corrected chi connectivity index (χ4v) is 2.18. The number of hydrogen-bond donors (Lipinski definition) is 0. The molecule has 0 radical (unpaired) electrons. The van der Waals surface area contributed by atoms with Gasteiger partial charge >= 0.3 is 0 Å². The van der Waals surface area contributed by atoms with E-state index in [0.29, 0.717) is 18.1 Å². The normalized spacial score (nSPS) is 13.6. The van der Waals surface area contributed by atoms with E-state index < -0.39 is 0 Å². The quantitative estimate of drug-likeness (QED) is 0.812. The van der Waals surface area contributed by atoms with Gasteiger partial charge in [-0.2, -0.15) is 4.98 Å². The zero-order chi connectivity index (χ0) is 14.8. The lowest BCUT2D eigenvalue weighted by Crippen LogP contribution is -2.39. The Labute approximate surface area is 126 Å². The van der Waals surface area contributed by atoms with Gasteiger partial charge in [0.2, 0.25) is 5.28 Å². The molecule has 7 heteroatoms. The molecule has 0 fully saturated rings. The molecule has 1 amide bonds. The van der Waals surface area contributed by atoms with Crippen molar-refractivity contribution in [3.05, 3.63) is 41.3 Å². The topological polar surface area (TPSA) is 64.5 Å². The molecule has 0 spiro atoms. The number of carbonyl (C=O) groups is 1. The minimum absolute atomic E-state index is 0.0336. The highest BCUT2D eigenvalue weighted by molar-refractivity contribution is 6.28. The highest BCUT2D eigenvalue weighted by Crippen LogP contribution is 2.31. The molecule has 1 aromatic carbocycles. The average Bonchev–Trinajstić information content (AvgIpc) is 2.51. The van der Waals surface area contributed by atoms with E-state index in [9.17, 15) is 4.79 Å². The molecule has 0 N–H and O–H groups in total. The molecule has 2 aromatic rings. The molecule has 0 saturated carbocycles. The van der Waals surface area contributed by atoms with E-state index in [2.05, 4.69) is 9.97 Å². The van der Waals surface area contributed by atoms with Crippen LogP contribution in [0, 0.1) is 0 Å². The van der Waals surface area contributed by atoms with Crippen LogP contribution in [0.15, 0.2) is 30.5 Å². The standard InChI is InChI=1S/C14H12ClN3O3/c1-20-10-4-2-9(3-5-10)7-18-12(19)8-21-11-6-16-14(15)17-13(11)18/h2-6H,7-8H2,1H3. The number of anilines is 1. The van der Waals surface area contributed by atoms with Crippen molar-refractivity contribution in [3.8, 4) is 11.5 Å². The van der Waals surface area contributed by atoms with Crippen LogP contribution in [0.3, 0.4) is 0 Å². The third kappa shape index (κ3) is 2.75. The van der Waals surface area contributed by atoms with Crippen molar-refractivity contribution in [1.29, 1.82) is 0 Å². The van der Waals surface area contributed by atoms with Crippen molar-refractivity contribution in [1.82, 2.24) is 9.97 Å². The van der Waals surface area contributed by atoms with Crippen LogP contribution in [-0.2, 0) is 11.3 Å². The van der Waals surface area contributed by atoms with Crippen LogP contribution in [0.2, 0.25) is 5.28 Å². The zero-order valence-corrected chi connectivity index (χ0v) is 12.0. The molecule has 3 rings (SSSR count). The van der Waals surface area contributed by atoms with Gasteiger partial charge in [-0.15, -0.1) is 0 Å². The molecular weight excluding hydrogens is 294 g/mol. The van der Waals surface area contributed by atoms with Crippen molar-refractivity contribution in [3.63, 3.8) is 0 Å². The molecule has 0 aliphatic carbocycles. The van der Waals surface area contributed by atoms with Gasteiger partial charge in [-0.1, -0.05) is 12.1 Å². The number of aromatic nitrogens is 2. The summed E-state index contributed by atoms with van der Waals surface area (Å²) in [5, 5.41) is 0.0757. The van der Waals surface area contributed by atoms with Gasteiger partial charge in [0.25, 0.3) is 5.91 Å². The first-order valence-corrected chi connectivity index (χ1v) is 6.64. The Kier molecular flexibility index (Phi) is 3.62. The molecule has 1 aliphatic rings. The monoisotopic (exact) mass is 305 g/mol. The first-order valence-electron chi connectivity index (χ1n) is 6.26. The predicted octanol–water partition coefficient (Wildman–Crippen LogP) is 2.06. The molecule has 1 aliphatic heterocycles. The molecule has 1 aromatic heterocycles. The van der Waals surface area contributed by atoms with Crippen molar-refractivity contribution >= 4 is 23.3 Å². The highest BCUT2D eigenvalue weighted by atomic mass is 35.5. The Balaban J connectivity index is 1.90. The first kappa shape index (κ1) is 13.6. The summed E-state index contributed by atoms with van der Waals surface area (Å²) in [7, 11) is 1.61. The SMILES string of the molecule is COc1ccc(CN2C(=O)COc3cnc(Cl)nc32)cc1. The maximum Gasteiger partial charge on any atom is 0.266 e. The largest absolute Gasteiger partial charge is 0.497 e. The lowest BCUT2D eigenvalue weighted by Gasteiger charge is -2.27. The summed E-state index contributed by atoms with van der Waals surface area (Å²) < 4.78 is 10.4. The Bertz CT molecular complexity index is 676. The molecule has 0 atom stereocenters. The smallest absolute Gasteiger partial charge is 0.266 e. The summed E-state index contributed by atoms with van der Waals surface area (Å²) in [5.74, 6) is 1.43. The molecule has 21 heavy (non-hydrogen) atoms. The van der Waals surface area contributed by atoms with Crippen molar-refractivity contribution in [2.24, 2.45) is 0 Å². The van der Waals surface area contributed by atoms with Crippen molar-refractivity contribution < 1.29 is 14.3 Å². The predicted molar refractivity (Wildman–Crippen MR) is 76.7 cm³/mol. The van der Waals surface area contributed by atoms with Gasteiger partial charge in [-0.05, 0) is 29.3 Å². The number of rotatable bonds is 3. The van der Waals surface area contributed by atoms with Gasteiger partial charge < -0.3 is 9.47 Å². The Morgan fingerprint density at radius 3 is 2.86 bits per heavy atom. The highest BCUT2D eigenvalue weighted by Gasteiger charge is 2.27. The summed E-state index contributed by atoms with van der Waals surface area (Å²) in [4.78, 5) is 21.5. The van der Waals surface area contributed by atoms with E-state index in [1.54, 1.807) is 7.11 Å². The first-order chi connectivity index (χ1) is 10.2. The molecule has 2 heterocycles. The zero-order valence-electron chi connectivity index (χ0n) is 11.2. The summed E-state index contributed by atoms with van der Waals surface area (Å²) in [6.07, 6.45) is 1.47. The number of nitrogens with zero attached hydrogens (tertiary/aromatic N) is 3. The summed E-state index contributed by atoms with van der Waals surface area (Å²) in [5.41, 5.74) is 0.951. The van der Waals surface area contributed by atoms with Crippen molar-refractivity contribution in [2.75, 3.05) is 18.6 Å². The molecule has 0 bridgehead atoms. The number of ether oxygens (including phenoxy) is 2. The van der Waals surface area contributed by atoms with Crippen molar-refractivity contribution in [2.45, 2.75) is 6.54 Å². The van der Waals surface area contributed by atoms with Gasteiger partial charge in [0.1, 0.15) is 5.75 Å². The van der Waals surface area contributed by atoms with Gasteiger partial charge in [0.15, 0.2) is 18.2 Å². The molecule has 108 valence electrons. The Morgan fingerprint density at radius 2 is 2.14 bits per heavy atom. The number of carbonyl (C=O) groups excluding carboxylic acids is 1.